The Morgan fingerprint density at radius 2 is 1.62 bits per heavy atom. The third-order valence-electron chi connectivity index (χ3n) is 0.667. The molecule has 0 fully saturated rings. The smallest absolute Gasteiger partial charge is 0.109 e. The lowest BCUT2D eigenvalue weighted by Gasteiger charge is -1.97. The van der Waals surface area contributed by atoms with Gasteiger partial charge in [0.2, 0.25) is 0 Å². The Bertz CT molecular complexity index is 37.8. The van der Waals surface area contributed by atoms with E-state index >= 15 is 0 Å². The van der Waals surface area contributed by atoms with Crippen LogP contribution >= 0.6 is 0 Å². The Balaban J connectivity index is 0. The molecule has 0 radical (unpaired) electrons. The summed E-state index contributed by atoms with van der Waals surface area (Å²) < 4.78 is 0. The van der Waals surface area contributed by atoms with Gasteiger partial charge in [-0.05, 0) is 16.8 Å². The van der Waals surface area contributed by atoms with Crippen molar-refractivity contribution in [1.29, 1.82) is 0 Å². The van der Waals surface area contributed by atoms with Crippen LogP contribution in [0.15, 0.2) is 0 Å². The first kappa shape index (κ1) is 11.4. The summed E-state index contributed by atoms with van der Waals surface area (Å²) in [5.41, 5.74) is 0. The highest BCUT2D eigenvalue weighted by molar-refractivity contribution is 7.95. The second-order valence-electron chi connectivity index (χ2n) is 2.55. The van der Waals surface area contributed by atoms with E-state index in [1.807, 2.05) is 0 Å². The third-order valence-corrected chi connectivity index (χ3v) is 2.00. The predicted molar refractivity (Wildman–Crippen MR) is 38.9 cm³/mol. The first-order chi connectivity index (χ1) is 3.13. The van der Waals surface area contributed by atoms with Crippen LogP contribution in [0, 0.1) is 5.92 Å². The molecule has 52 valence electrons. The topological polar surface area (TPSA) is 0 Å². The van der Waals surface area contributed by atoms with Crippen LogP contribution in [0.1, 0.15) is 13.8 Å². The van der Waals surface area contributed by atoms with Gasteiger partial charge in [-0.15, -0.1) is 0 Å². The van der Waals surface area contributed by atoms with Crippen LogP contribution in [-0.2, 0) is 10.9 Å². The van der Waals surface area contributed by atoms with Crippen molar-refractivity contribution in [3.8, 4) is 0 Å². The fourth-order valence-electron chi connectivity index (χ4n) is 0.667. The maximum absolute atomic E-state index is 2.29. The molecule has 0 spiro atoms. The van der Waals surface area contributed by atoms with Crippen molar-refractivity contribution in [3.05, 3.63) is 0 Å². The number of hydrogen-bond acceptors (Lipinski definition) is 0. The molecule has 0 aromatic carbocycles. The van der Waals surface area contributed by atoms with Crippen molar-refractivity contribution in [1.82, 2.24) is 0 Å². The molecule has 0 aliphatic rings. The zero-order valence-electron chi connectivity index (χ0n) is 6.07. The van der Waals surface area contributed by atoms with Crippen LogP contribution < -0.4 is 12.4 Å². The summed E-state index contributed by atoms with van der Waals surface area (Å²) in [5.74, 6) is 2.28. The molecule has 0 rings (SSSR count). The van der Waals surface area contributed by atoms with E-state index in [0.29, 0.717) is 10.9 Å². The molecular formula is C6H15ClS. The summed E-state index contributed by atoms with van der Waals surface area (Å²) in [6, 6.07) is 0. The summed E-state index contributed by atoms with van der Waals surface area (Å²) in [6.07, 6.45) is 4.58. The molecule has 0 aromatic heterocycles. The third kappa shape index (κ3) is 9.81. The SMILES string of the molecule is CC(C)C[S+](C)C.[Cl-]. The highest BCUT2D eigenvalue weighted by Gasteiger charge is 2.03. The maximum Gasteiger partial charge on any atom is 0.109 e. The number of halogens is 1. The van der Waals surface area contributed by atoms with Gasteiger partial charge in [-0.3, -0.25) is 0 Å². The van der Waals surface area contributed by atoms with Crippen molar-refractivity contribution in [2.24, 2.45) is 5.92 Å². The summed E-state index contributed by atoms with van der Waals surface area (Å²) in [7, 11) is 0.654. The molecule has 0 N–H and O–H groups in total. The van der Waals surface area contributed by atoms with Crippen molar-refractivity contribution in [2.75, 3.05) is 18.3 Å². The molecule has 0 atom stereocenters. The van der Waals surface area contributed by atoms with Gasteiger partial charge >= 0.3 is 0 Å². The van der Waals surface area contributed by atoms with Gasteiger partial charge in [0.25, 0.3) is 0 Å². The van der Waals surface area contributed by atoms with Gasteiger partial charge in [-0.2, -0.15) is 0 Å². The molecule has 0 saturated heterocycles. The molecule has 0 bridgehead atoms. The maximum atomic E-state index is 2.29. The van der Waals surface area contributed by atoms with Crippen LogP contribution in [0.3, 0.4) is 0 Å². The fraction of sp³-hybridized carbons (Fsp3) is 1.00. The van der Waals surface area contributed by atoms with E-state index in [1.165, 1.54) is 5.75 Å². The molecule has 2 heteroatoms. The van der Waals surface area contributed by atoms with Crippen LogP contribution in [0.5, 0.6) is 0 Å². The molecule has 0 unspecified atom stereocenters. The lowest BCUT2D eigenvalue weighted by molar-refractivity contribution is -0.00000191. The van der Waals surface area contributed by atoms with Gasteiger partial charge in [-0.1, -0.05) is 13.8 Å². The van der Waals surface area contributed by atoms with E-state index in [-0.39, 0.29) is 12.4 Å². The average Bonchev–Trinajstić information content (AvgIpc) is 1.27. The Kier molecular flexibility index (Phi) is 8.25. The van der Waals surface area contributed by atoms with Crippen molar-refractivity contribution >= 4 is 10.9 Å². The Labute approximate surface area is 61.8 Å². The van der Waals surface area contributed by atoms with Crippen molar-refractivity contribution < 1.29 is 12.4 Å². The lowest BCUT2D eigenvalue weighted by Crippen LogP contribution is -3.00. The Morgan fingerprint density at radius 1 is 1.25 bits per heavy atom. The molecule has 0 aliphatic carbocycles. The Hall–Kier alpha value is 0.640. The highest BCUT2D eigenvalue weighted by atomic mass is 35.5. The monoisotopic (exact) mass is 154 g/mol. The molecule has 8 heavy (non-hydrogen) atoms. The van der Waals surface area contributed by atoms with Gasteiger partial charge in [0.1, 0.15) is 5.75 Å². The normalized spacial score (nSPS) is 9.75. The van der Waals surface area contributed by atoms with E-state index in [0.717, 1.165) is 5.92 Å². The Morgan fingerprint density at radius 3 is 1.62 bits per heavy atom. The highest BCUT2D eigenvalue weighted by Crippen LogP contribution is 1.96. The number of hydrogen-bond donors (Lipinski definition) is 0. The zero-order valence-corrected chi connectivity index (χ0v) is 7.64. The van der Waals surface area contributed by atoms with Gasteiger partial charge in [0.05, 0.1) is 12.5 Å². The standard InChI is InChI=1S/C6H15S.ClH/c1-6(2)5-7(3)4;/h6H,5H2,1-4H3;1H/q+1;/p-1. The molecule has 0 saturated carbocycles. The van der Waals surface area contributed by atoms with Gasteiger partial charge < -0.3 is 12.4 Å². The summed E-state index contributed by atoms with van der Waals surface area (Å²) >= 11 is 0. The number of rotatable bonds is 2. The van der Waals surface area contributed by atoms with Crippen LogP contribution in [0.25, 0.3) is 0 Å². The van der Waals surface area contributed by atoms with Crippen molar-refractivity contribution in [2.45, 2.75) is 13.8 Å². The fourth-order valence-corrected chi connectivity index (χ4v) is 2.00. The van der Waals surface area contributed by atoms with Gasteiger partial charge in [0, 0.05) is 0 Å². The minimum atomic E-state index is 0. The quantitative estimate of drug-likeness (QED) is 0.426. The van der Waals surface area contributed by atoms with Crippen LogP contribution in [-0.4, -0.2) is 18.3 Å². The van der Waals surface area contributed by atoms with E-state index in [9.17, 15) is 0 Å². The van der Waals surface area contributed by atoms with E-state index in [1.54, 1.807) is 0 Å². The van der Waals surface area contributed by atoms with Crippen molar-refractivity contribution in [3.63, 3.8) is 0 Å². The van der Waals surface area contributed by atoms with Gasteiger partial charge in [-0.25, -0.2) is 0 Å². The zero-order chi connectivity index (χ0) is 5.86. The van der Waals surface area contributed by atoms with Crippen LogP contribution in [0.4, 0.5) is 0 Å². The molecule has 0 amide bonds. The summed E-state index contributed by atoms with van der Waals surface area (Å²) in [4.78, 5) is 0. The summed E-state index contributed by atoms with van der Waals surface area (Å²) in [6.45, 7) is 4.54. The van der Waals surface area contributed by atoms with E-state index in [4.69, 9.17) is 0 Å². The largest absolute Gasteiger partial charge is 1.00 e. The molecule has 0 aliphatic heterocycles. The molecule has 0 nitrogen and oxygen atoms in total. The van der Waals surface area contributed by atoms with Crippen LogP contribution in [0.2, 0.25) is 0 Å². The van der Waals surface area contributed by atoms with E-state index < -0.39 is 0 Å². The predicted octanol–water partition coefficient (Wildman–Crippen LogP) is -1.48. The lowest BCUT2D eigenvalue weighted by atomic mass is 10.3. The molecule has 0 aromatic rings. The molecule has 0 heterocycles. The average molecular weight is 155 g/mol. The minimum Gasteiger partial charge on any atom is -1.00 e. The first-order valence-electron chi connectivity index (χ1n) is 2.67. The molecular weight excluding hydrogens is 140 g/mol. The van der Waals surface area contributed by atoms with E-state index in [2.05, 4.69) is 26.4 Å². The summed E-state index contributed by atoms with van der Waals surface area (Å²) in [5, 5.41) is 0. The second-order valence-corrected chi connectivity index (χ2v) is 4.85. The minimum absolute atomic E-state index is 0. The second kappa shape index (κ2) is 5.77. The van der Waals surface area contributed by atoms with Gasteiger partial charge in [0.15, 0.2) is 0 Å². The first-order valence-corrected chi connectivity index (χ1v) is 4.88.